The second-order valence-electron chi connectivity index (χ2n) is 5.74. The minimum Gasteiger partial charge on any atom is -0.486 e. The summed E-state index contributed by atoms with van der Waals surface area (Å²) >= 11 is 0. The average molecular weight is 317 g/mol. The number of rotatable bonds is 2. The van der Waals surface area contributed by atoms with Crippen LogP contribution in [0.3, 0.4) is 0 Å². The lowest BCUT2D eigenvalue weighted by Crippen LogP contribution is -2.43. The number of anilines is 1. The smallest absolute Gasteiger partial charge is 0.224 e. The SMILES string of the molecule is CC(=O)N1c2cc(F)ccc2C(Oc2ccc(F)cc2)CC1C. The molecule has 23 heavy (non-hydrogen) atoms. The Morgan fingerprint density at radius 1 is 1.13 bits per heavy atom. The highest BCUT2D eigenvalue weighted by atomic mass is 19.1. The van der Waals surface area contributed by atoms with Crippen LogP contribution in [0.4, 0.5) is 14.5 Å². The Labute approximate surface area is 133 Å². The second kappa shape index (κ2) is 5.99. The fourth-order valence-electron chi connectivity index (χ4n) is 3.05. The number of amides is 1. The molecule has 0 aromatic heterocycles. The summed E-state index contributed by atoms with van der Waals surface area (Å²) in [6, 6.07) is 10.0. The van der Waals surface area contributed by atoms with Crippen LogP contribution in [-0.4, -0.2) is 11.9 Å². The molecule has 1 aliphatic rings. The summed E-state index contributed by atoms with van der Waals surface area (Å²) in [5.74, 6) is -0.330. The fourth-order valence-corrected chi connectivity index (χ4v) is 3.05. The van der Waals surface area contributed by atoms with Gasteiger partial charge in [0.15, 0.2) is 0 Å². The molecule has 2 aromatic rings. The first-order valence-electron chi connectivity index (χ1n) is 7.47. The van der Waals surface area contributed by atoms with Gasteiger partial charge in [-0.25, -0.2) is 8.78 Å². The predicted octanol–water partition coefficient (Wildman–Crippen LogP) is 4.23. The van der Waals surface area contributed by atoms with E-state index in [1.165, 1.54) is 31.2 Å². The van der Waals surface area contributed by atoms with Crippen LogP contribution in [-0.2, 0) is 4.79 Å². The van der Waals surface area contributed by atoms with Crippen molar-refractivity contribution >= 4 is 11.6 Å². The first-order chi connectivity index (χ1) is 11.0. The van der Waals surface area contributed by atoms with E-state index in [9.17, 15) is 13.6 Å². The molecule has 0 saturated carbocycles. The Morgan fingerprint density at radius 3 is 2.43 bits per heavy atom. The second-order valence-corrected chi connectivity index (χ2v) is 5.74. The van der Waals surface area contributed by atoms with Crippen LogP contribution < -0.4 is 9.64 Å². The van der Waals surface area contributed by atoms with Crippen molar-refractivity contribution in [2.24, 2.45) is 0 Å². The lowest BCUT2D eigenvalue weighted by molar-refractivity contribution is -0.117. The minimum absolute atomic E-state index is 0.118. The maximum absolute atomic E-state index is 13.6. The Hall–Kier alpha value is -2.43. The molecule has 0 N–H and O–H groups in total. The van der Waals surface area contributed by atoms with Crippen LogP contribution in [0.2, 0.25) is 0 Å². The highest BCUT2D eigenvalue weighted by molar-refractivity contribution is 5.93. The topological polar surface area (TPSA) is 29.5 Å². The minimum atomic E-state index is -0.398. The molecule has 3 nitrogen and oxygen atoms in total. The molecule has 2 atom stereocenters. The molecular formula is C18H17F2NO2. The summed E-state index contributed by atoms with van der Waals surface area (Å²) in [7, 11) is 0. The number of nitrogens with zero attached hydrogens (tertiary/aromatic N) is 1. The normalized spacial score (nSPS) is 20.1. The number of hydrogen-bond acceptors (Lipinski definition) is 2. The van der Waals surface area contributed by atoms with E-state index in [1.807, 2.05) is 6.92 Å². The van der Waals surface area contributed by atoms with Gasteiger partial charge < -0.3 is 9.64 Å². The van der Waals surface area contributed by atoms with Crippen molar-refractivity contribution in [1.82, 2.24) is 0 Å². The highest BCUT2D eigenvalue weighted by Gasteiger charge is 2.33. The maximum atomic E-state index is 13.6. The Bertz CT molecular complexity index is 730. The molecule has 0 aliphatic carbocycles. The average Bonchev–Trinajstić information content (AvgIpc) is 2.48. The molecule has 0 radical (unpaired) electrons. The first kappa shape index (κ1) is 15.5. The van der Waals surface area contributed by atoms with Gasteiger partial charge in [0, 0.05) is 24.9 Å². The van der Waals surface area contributed by atoms with Crippen molar-refractivity contribution in [3.05, 3.63) is 59.7 Å². The van der Waals surface area contributed by atoms with Gasteiger partial charge in [-0.15, -0.1) is 0 Å². The van der Waals surface area contributed by atoms with Crippen LogP contribution in [0.25, 0.3) is 0 Å². The van der Waals surface area contributed by atoms with E-state index in [0.717, 1.165) is 5.56 Å². The van der Waals surface area contributed by atoms with Crippen LogP contribution in [0.5, 0.6) is 5.75 Å². The fraction of sp³-hybridized carbons (Fsp3) is 0.278. The molecule has 2 aromatic carbocycles. The van der Waals surface area contributed by atoms with Crippen molar-refractivity contribution in [2.45, 2.75) is 32.4 Å². The van der Waals surface area contributed by atoms with Gasteiger partial charge in [0.25, 0.3) is 0 Å². The third-order valence-electron chi connectivity index (χ3n) is 4.03. The van der Waals surface area contributed by atoms with E-state index < -0.39 is 5.82 Å². The van der Waals surface area contributed by atoms with Crippen molar-refractivity contribution in [2.75, 3.05) is 4.90 Å². The van der Waals surface area contributed by atoms with Crippen LogP contribution >= 0.6 is 0 Å². The lowest BCUT2D eigenvalue weighted by atomic mass is 9.93. The maximum Gasteiger partial charge on any atom is 0.224 e. The van der Waals surface area contributed by atoms with Gasteiger partial charge in [-0.2, -0.15) is 0 Å². The molecule has 0 saturated heterocycles. The van der Waals surface area contributed by atoms with Crippen molar-refractivity contribution in [1.29, 1.82) is 0 Å². The number of ether oxygens (including phenoxy) is 1. The van der Waals surface area contributed by atoms with Crippen LogP contribution in [0.1, 0.15) is 31.9 Å². The molecule has 0 fully saturated rings. The van der Waals surface area contributed by atoms with Crippen molar-refractivity contribution in [3.8, 4) is 5.75 Å². The van der Waals surface area contributed by atoms with Gasteiger partial charge in [0.05, 0.1) is 5.69 Å². The summed E-state index contributed by atoms with van der Waals surface area (Å²) in [5, 5.41) is 0. The van der Waals surface area contributed by atoms with Crippen molar-refractivity contribution in [3.63, 3.8) is 0 Å². The zero-order valence-electron chi connectivity index (χ0n) is 12.9. The van der Waals surface area contributed by atoms with E-state index in [1.54, 1.807) is 23.1 Å². The molecule has 1 amide bonds. The van der Waals surface area contributed by atoms with Gasteiger partial charge in [0.2, 0.25) is 5.91 Å². The first-order valence-corrected chi connectivity index (χ1v) is 7.47. The van der Waals surface area contributed by atoms with E-state index >= 15 is 0 Å². The molecule has 2 unspecified atom stereocenters. The van der Waals surface area contributed by atoms with Gasteiger partial charge in [-0.3, -0.25) is 4.79 Å². The molecule has 0 bridgehead atoms. The standard InChI is InChI=1S/C18H17F2NO2/c1-11-9-18(23-15-6-3-13(19)4-7-15)16-8-5-14(20)10-17(16)21(11)12(2)22/h3-8,10-11,18H,9H2,1-2H3. The number of carbonyl (C=O) groups excluding carboxylic acids is 1. The van der Waals surface area contributed by atoms with E-state index in [2.05, 4.69) is 0 Å². The zero-order chi connectivity index (χ0) is 16.6. The third kappa shape index (κ3) is 3.04. The van der Waals surface area contributed by atoms with Gasteiger partial charge in [0.1, 0.15) is 23.5 Å². The largest absolute Gasteiger partial charge is 0.486 e. The Balaban J connectivity index is 1.98. The molecule has 3 rings (SSSR count). The summed E-state index contributed by atoms with van der Waals surface area (Å²) in [6.07, 6.45) is 0.261. The number of fused-ring (bicyclic) bond motifs is 1. The summed E-state index contributed by atoms with van der Waals surface area (Å²) < 4.78 is 32.6. The molecule has 120 valence electrons. The highest BCUT2D eigenvalue weighted by Crippen LogP contribution is 2.40. The molecule has 1 aliphatic heterocycles. The van der Waals surface area contributed by atoms with Crippen molar-refractivity contribution < 1.29 is 18.3 Å². The molecular weight excluding hydrogens is 300 g/mol. The lowest BCUT2D eigenvalue weighted by Gasteiger charge is -2.38. The number of carbonyl (C=O) groups is 1. The number of halogens is 2. The van der Waals surface area contributed by atoms with Gasteiger partial charge in [-0.1, -0.05) is 6.07 Å². The van der Waals surface area contributed by atoms with Gasteiger partial charge in [-0.05, 0) is 43.3 Å². The quantitative estimate of drug-likeness (QED) is 0.829. The molecule has 1 heterocycles. The molecule has 0 spiro atoms. The summed E-state index contributed by atoms with van der Waals surface area (Å²) in [4.78, 5) is 13.5. The monoisotopic (exact) mass is 317 g/mol. The Morgan fingerprint density at radius 2 is 1.78 bits per heavy atom. The third-order valence-corrected chi connectivity index (χ3v) is 4.03. The van der Waals surface area contributed by atoms with Gasteiger partial charge >= 0.3 is 0 Å². The zero-order valence-corrected chi connectivity index (χ0v) is 12.9. The number of benzene rings is 2. The van der Waals surface area contributed by atoms with Crippen LogP contribution in [0, 0.1) is 11.6 Å². The summed E-state index contributed by atoms with van der Waals surface area (Å²) in [6.45, 7) is 3.36. The predicted molar refractivity (Wildman–Crippen MR) is 83.4 cm³/mol. The number of hydrogen-bond donors (Lipinski definition) is 0. The molecule has 5 heteroatoms. The van der Waals surface area contributed by atoms with E-state index in [4.69, 9.17) is 4.74 Å². The Kier molecular flexibility index (Phi) is 4.03. The van der Waals surface area contributed by atoms with E-state index in [-0.39, 0.29) is 23.9 Å². The van der Waals surface area contributed by atoms with Crippen LogP contribution in [0.15, 0.2) is 42.5 Å². The van der Waals surface area contributed by atoms with E-state index in [0.29, 0.717) is 17.9 Å². The summed E-state index contributed by atoms with van der Waals surface area (Å²) in [5.41, 5.74) is 1.28.